The van der Waals surface area contributed by atoms with Crippen molar-refractivity contribution in [2.24, 2.45) is 0 Å². The van der Waals surface area contributed by atoms with Crippen LogP contribution in [0.25, 0.3) is 0 Å². The number of ether oxygens (including phenoxy) is 6. The number of nitrogens with zero attached hydrogens (tertiary/aromatic N) is 1. The van der Waals surface area contributed by atoms with Gasteiger partial charge >= 0.3 is 36.2 Å². The molecule has 0 aliphatic carbocycles. The fraction of sp³-hybridized carbons (Fsp3) is 0.674. The van der Waals surface area contributed by atoms with E-state index in [9.17, 15) is 38.9 Å². The van der Waals surface area contributed by atoms with Crippen LogP contribution >= 0.6 is 46.0 Å². The normalized spacial score (nSPS) is 12.6. The van der Waals surface area contributed by atoms with Gasteiger partial charge < -0.3 is 44.4 Å². The smallest absolute Gasteiger partial charge is 0.408 e. The highest BCUT2D eigenvalue weighted by molar-refractivity contribution is 8.76. The van der Waals surface area contributed by atoms with E-state index in [1.165, 1.54) is 61.1 Å². The van der Waals surface area contributed by atoms with Crippen LogP contribution in [-0.2, 0) is 42.8 Å². The van der Waals surface area contributed by atoms with Gasteiger partial charge in [0.25, 0.3) is 5.69 Å². The van der Waals surface area contributed by atoms with E-state index in [1.807, 2.05) is 0 Å². The van der Waals surface area contributed by atoms with Gasteiger partial charge in [-0.3, -0.25) is 10.1 Å². The minimum Gasteiger partial charge on any atom is -0.467 e. The van der Waals surface area contributed by atoms with E-state index in [-0.39, 0.29) is 17.2 Å². The molecule has 0 radical (unpaired) electrons. The summed E-state index contributed by atoms with van der Waals surface area (Å²) in [5.74, 6) is 0.314. The molecule has 0 aliphatic rings. The minimum absolute atomic E-state index is 0.00776. The number of alkyl carbamates (subject to hydrolysis) is 3. The van der Waals surface area contributed by atoms with Crippen molar-refractivity contribution in [1.82, 2.24) is 16.0 Å². The Morgan fingerprint density at radius 3 is 1.33 bits per heavy atom. The Kier molecular flexibility index (Phi) is 33.4. The van der Waals surface area contributed by atoms with E-state index >= 15 is 0 Å². The molecule has 0 fully saturated rings. The molecule has 1 aromatic carbocycles. The number of thioether (sulfide) groups is 1. The predicted octanol–water partition coefficient (Wildman–Crippen LogP) is 9.56. The van der Waals surface area contributed by atoms with Gasteiger partial charge in [0.1, 0.15) is 34.9 Å². The second-order valence-corrected chi connectivity index (χ2v) is 34.1. The number of esters is 3. The van der Waals surface area contributed by atoms with Crippen molar-refractivity contribution in [2.75, 3.05) is 44.3 Å². The zero-order valence-corrected chi connectivity index (χ0v) is 48.0. The van der Waals surface area contributed by atoms with Crippen molar-refractivity contribution < 1.29 is 62.1 Å². The topological polar surface area (TPSA) is 237 Å². The zero-order chi connectivity index (χ0) is 53.0. The van der Waals surface area contributed by atoms with Crippen LogP contribution in [0.4, 0.5) is 20.1 Å². The molecule has 0 saturated heterocycles. The van der Waals surface area contributed by atoms with Gasteiger partial charge in [-0.1, -0.05) is 60.9 Å². The number of nitrogens with one attached hydrogen (secondary N) is 3. The van der Waals surface area contributed by atoms with Crippen LogP contribution in [0.3, 0.4) is 0 Å². The first-order valence-electron chi connectivity index (χ1n) is 21.0. The van der Waals surface area contributed by atoms with Gasteiger partial charge in [0.05, 0.1) is 34.3 Å². The number of benzene rings is 1. The third-order valence-electron chi connectivity index (χ3n) is 7.04. The summed E-state index contributed by atoms with van der Waals surface area (Å²) in [6.07, 6.45) is -1.96. The lowest BCUT2D eigenvalue weighted by atomic mass is 10.2. The van der Waals surface area contributed by atoms with Crippen molar-refractivity contribution in [2.45, 2.75) is 147 Å². The molecule has 24 heteroatoms. The molecule has 0 bridgehead atoms. The molecule has 1 aromatic rings. The molecule has 3 N–H and O–H groups in total. The lowest BCUT2D eigenvalue weighted by molar-refractivity contribution is -0.384. The number of carbonyl (C=O) groups excluding carboxylic acids is 6. The van der Waals surface area contributed by atoms with Crippen molar-refractivity contribution in [3.05, 3.63) is 46.7 Å². The highest BCUT2D eigenvalue weighted by Crippen LogP contribution is 2.32. The molecule has 0 saturated carbocycles. The van der Waals surface area contributed by atoms with Gasteiger partial charge in [0.2, 0.25) is 0 Å². The molecule has 1 rings (SSSR count). The van der Waals surface area contributed by atoms with Crippen molar-refractivity contribution in [3.8, 4) is 0 Å². The molecule has 0 aliphatic heterocycles. The van der Waals surface area contributed by atoms with Crippen LogP contribution in [0.5, 0.6) is 0 Å². The van der Waals surface area contributed by atoms with E-state index in [1.54, 1.807) is 86.2 Å². The Morgan fingerprint density at radius 1 is 0.687 bits per heavy atom. The summed E-state index contributed by atoms with van der Waals surface area (Å²) in [5.41, 5.74) is 0.225. The van der Waals surface area contributed by atoms with Crippen LogP contribution < -0.4 is 16.0 Å². The molecule has 67 heavy (non-hydrogen) atoms. The van der Waals surface area contributed by atoms with Crippen molar-refractivity contribution in [1.29, 1.82) is 0 Å². The van der Waals surface area contributed by atoms with Crippen molar-refractivity contribution >= 4 is 104 Å². The monoisotopic (exact) mass is 1060 g/mol. The summed E-state index contributed by atoms with van der Waals surface area (Å²) in [5, 5.41) is 18.0. The summed E-state index contributed by atoms with van der Waals surface area (Å²) < 4.78 is 29.1. The van der Waals surface area contributed by atoms with Crippen LogP contribution in [0.1, 0.15) is 62.3 Å². The number of nitro groups is 1. The molecule has 0 heterocycles. The van der Waals surface area contributed by atoms with E-state index in [0.717, 1.165) is 10.6 Å². The van der Waals surface area contributed by atoms with E-state index in [0.29, 0.717) is 5.75 Å². The first-order valence-corrected chi connectivity index (χ1v) is 32.4. The lowest BCUT2D eigenvalue weighted by Crippen LogP contribution is -2.45. The Hall–Kier alpha value is -3.59. The molecule has 0 aromatic heterocycles. The van der Waals surface area contributed by atoms with Gasteiger partial charge in [-0.2, -0.15) is 24.4 Å². The summed E-state index contributed by atoms with van der Waals surface area (Å²) in [4.78, 5) is 80.3. The van der Waals surface area contributed by atoms with E-state index in [2.05, 4.69) is 89.6 Å². The van der Waals surface area contributed by atoms with E-state index < -0.39 is 92.2 Å². The fourth-order valence-electron chi connectivity index (χ4n) is 3.67. The maximum absolute atomic E-state index is 11.8. The number of hydrogen-bond acceptors (Lipinski definition) is 18. The number of amides is 3. The Morgan fingerprint density at radius 2 is 1.03 bits per heavy atom. The molecule has 18 nitrogen and oxygen atoms in total. The van der Waals surface area contributed by atoms with Gasteiger partial charge in [0.15, 0.2) is 0 Å². The number of hydrogen-bond donors (Lipinski definition) is 4. The quantitative estimate of drug-likeness (QED) is 0.0156. The Labute approximate surface area is 418 Å². The highest BCUT2D eigenvalue weighted by Gasteiger charge is 2.27. The molecular weight excluding hydrogens is 981 g/mol. The number of nitro benzene ring substituents is 1. The van der Waals surface area contributed by atoms with Gasteiger partial charge in [-0.05, 0) is 86.2 Å². The van der Waals surface area contributed by atoms with Crippen LogP contribution in [0.15, 0.2) is 41.4 Å². The average molecular weight is 1060 g/mol. The number of non-ortho nitro benzene ring substituents is 1. The molecule has 3 atom stereocenters. The lowest BCUT2D eigenvalue weighted by Gasteiger charge is -2.22. The first-order chi connectivity index (χ1) is 30.4. The largest absolute Gasteiger partial charge is 0.467 e. The average Bonchev–Trinajstić information content (AvgIpc) is 3.18. The van der Waals surface area contributed by atoms with Crippen molar-refractivity contribution in [3.63, 3.8) is 0 Å². The number of carbonyl (C=O) groups is 6. The molecular formula is C43H78N4O14S4Si2. The fourth-order valence-corrected chi connectivity index (χ4v) is 9.72. The van der Waals surface area contributed by atoms with Crippen LogP contribution in [-0.4, -0.2) is 137 Å². The van der Waals surface area contributed by atoms with Gasteiger partial charge in [-0.25, -0.2) is 28.8 Å². The standard InChI is InChI=1S/C15H20N2O6S2.C14H29NO4SSi.C9H17NO4S.C5H12Si/c1-15(2,3)23-14(19)16-12(13(18)22-4)9-24-25-11-7-5-10(6-8-11)17(20)21;1-14(2,3)19-13(17)15-11(12(16)18-4)10-20-8-9-21(5,6)7;1-9(2,3)14-8(12)10-6(5-15)7(11)13-4;1-5-6(2,3)4/h5-8,12H,9H2,1-4H3,(H,16,19);11H,8-10H2,1-7H3,(H,15,17);6,15H,5H2,1-4H3,(H,10,12);5H,1H2,2-4H3/t12-;11-;6-;/m000./s1. The molecule has 0 spiro atoms. The predicted molar refractivity (Wildman–Crippen MR) is 280 cm³/mol. The first kappa shape index (κ1) is 67.7. The summed E-state index contributed by atoms with van der Waals surface area (Å²) in [7, 11) is 4.49. The molecule has 386 valence electrons. The molecule has 0 unspecified atom stereocenters. The summed E-state index contributed by atoms with van der Waals surface area (Å²) in [6.45, 7) is 33.1. The van der Waals surface area contributed by atoms with Gasteiger partial charge in [-0.15, -0.1) is 12.3 Å². The third-order valence-corrected chi connectivity index (χ3v) is 14.2. The number of methoxy groups -OCH3 is 3. The SMILES string of the molecule is C=C[Si](C)(C)C.COC(=O)[C@H](CS)NC(=O)OC(C)(C)C.COC(=O)[C@H](CSCC[Si](C)(C)C)NC(=O)OC(C)(C)C.COC(=O)[C@H](CSSc1ccc([N+](=O)[O-])cc1)NC(=O)OC(C)(C)C. The second-order valence-electron chi connectivity index (χ2n) is 19.4. The Bertz CT molecular complexity index is 1690. The maximum Gasteiger partial charge on any atom is 0.408 e. The van der Waals surface area contributed by atoms with Crippen LogP contribution in [0.2, 0.25) is 45.3 Å². The van der Waals surface area contributed by atoms with Crippen LogP contribution in [0, 0.1) is 10.1 Å². The Balaban J connectivity index is -0.000000884. The second kappa shape index (κ2) is 33.0. The molecule has 3 amide bonds. The van der Waals surface area contributed by atoms with E-state index in [4.69, 9.17) is 18.9 Å². The summed E-state index contributed by atoms with van der Waals surface area (Å²) in [6, 6.07) is 4.89. The number of thiol groups is 1. The zero-order valence-electron chi connectivity index (χ0n) is 42.7. The maximum atomic E-state index is 11.8. The summed E-state index contributed by atoms with van der Waals surface area (Å²) >= 11 is 5.58. The minimum atomic E-state index is -1.08. The van der Waals surface area contributed by atoms with Gasteiger partial charge in [0, 0.05) is 42.4 Å². The highest BCUT2D eigenvalue weighted by atomic mass is 33.1. The number of rotatable bonds is 18. The third kappa shape index (κ3) is 41.1.